The minimum atomic E-state index is -1.11. The molecule has 2 amide bonds. The minimum absolute atomic E-state index is 0.126. The fourth-order valence-corrected chi connectivity index (χ4v) is 7.65. The van der Waals surface area contributed by atoms with E-state index in [4.69, 9.17) is 9.47 Å². The summed E-state index contributed by atoms with van der Waals surface area (Å²) in [5.41, 5.74) is -1.27. The Morgan fingerprint density at radius 2 is 1.82 bits per heavy atom. The van der Waals surface area contributed by atoms with Gasteiger partial charge in [0.05, 0.1) is 18.1 Å². The Morgan fingerprint density at radius 3 is 2.57 bits per heavy atom. The van der Waals surface area contributed by atoms with E-state index < -0.39 is 35.0 Å². The van der Waals surface area contributed by atoms with Gasteiger partial charge in [0.2, 0.25) is 5.91 Å². The summed E-state index contributed by atoms with van der Waals surface area (Å²) < 4.78 is 12.5. The molecule has 2 aromatic rings. The van der Waals surface area contributed by atoms with Crippen LogP contribution >= 0.6 is 0 Å². The summed E-state index contributed by atoms with van der Waals surface area (Å²) in [6, 6.07) is 13.0. The molecule has 2 bridgehead atoms. The van der Waals surface area contributed by atoms with E-state index in [2.05, 4.69) is 13.2 Å². The fraction of sp³-hybridized carbons (Fsp3) is 0.528. The van der Waals surface area contributed by atoms with Crippen molar-refractivity contribution in [3.05, 3.63) is 67.8 Å². The van der Waals surface area contributed by atoms with Crippen LogP contribution in [0.15, 0.2) is 67.8 Å². The number of rotatable bonds is 16. The number of aliphatic hydroxyl groups is 1. The van der Waals surface area contributed by atoms with E-state index >= 15 is 0 Å². The van der Waals surface area contributed by atoms with Gasteiger partial charge in [-0.25, -0.2) is 0 Å². The molecular formula is C36H46N2O6. The molecule has 5 atom stereocenters. The average Bonchev–Trinajstić information content (AvgIpc) is 3.59. The third-order valence-corrected chi connectivity index (χ3v) is 9.74. The lowest BCUT2D eigenvalue weighted by Crippen LogP contribution is -2.56. The molecule has 0 radical (unpaired) electrons. The summed E-state index contributed by atoms with van der Waals surface area (Å²) in [4.78, 5) is 46.2. The largest absolute Gasteiger partial charge is 0.465 e. The van der Waals surface area contributed by atoms with Crippen molar-refractivity contribution < 1.29 is 29.0 Å². The zero-order valence-electron chi connectivity index (χ0n) is 25.9. The Kier molecular flexibility index (Phi) is 9.90. The molecule has 2 unspecified atom stereocenters. The Hall–Kier alpha value is -3.49. The van der Waals surface area contributed by atoms with Gasteiger partial charge in [-0.05, 0) is 74.8 Å². The zero-order chi connectivity index (χ0) is 31.3. The smallest absolute Gasteiger partial charge is 0.312 e. The summed E-state index contributed by atoms with van der Waals surface area (Å²) in [5, 5.41) is 11.3. The normalized spacial score (nSPS) is 27.0. The second kappa shape index (κ2) is 13.7. The molecular weight excluding hydrogens is 556 g/mol. The van der Waals surface area contributed by atoms with Gasteiger partial charge in [0.25, 0.3) is 5.91 Å². The number of amides is 2. The standard InChI is InChI=1S/C36H46N2O6/c1-4-6-7-14-24-43-34(42)30-29-32(40)38(22-12-8-9-13-23-39)31(36(29)20-19-35(30,3)44-36)33(41)37(21-5-2)28-18-17-26-15-10-11-16-27(26)25-28/h4-5,10-11,15-18,25,29-31,39H,1-2,6-9,12-14,19-24H2,3H3/t29-,30+,31?,35-,36?/m0/s1. The highest BCUT2D eigenvalue weighted by atomic mass is 16.6. The summed E-state index contributed by atoms with van der Waals surface area (Å²) in [6.45, 7) is 10.6. The molecule has 2 aromatic carbocycles. The first-order valence-corrected chi connectivity index (χ1v) is 16.1. The quantitative estimate of drug-likeness (QED) is 0.153. The highest BCUT2D eigenvalue weighted by molar-refractivity contribution is 6.05. The van der Waals surface area contributed by atoms with Crippen molar-refractivity contribution in [2.24, 2.45) is 11.8 Å². The van der Waals surface area contributed by atoms with Crippen LogP contribution in [0.5, 0.6) is 0 Å². The molecule has 3 aliphatic rings. The molecule has 0 saturated carbocycles. The number of carbonyl (C=O) groups is 3. The number of fused-ring (bicyclic) bond motifs is 2. The number of unbranched alkanes of at least 4 members (excludes halogenated alkanes) is 5. The van der Waals surface area contributed by atoms with E-state index in [0.29, 0.717) is 32.2 Å². The van der Waals surface area contributed by atoms with Crippen LogP contribution in [-0.2, 0) is 23.9 Å². The van der Waals surface area contributed by atoms with Crippen molar-refractivity contribution in [3.8, 4) is 0 Å². The molecule has 3 saturated heterocycles. The maximum atomic E-state index is 14.8. The molecule has 1 spiro atoms. The first-order chi connectivity index (χ1) is 21.3. The van der Waals surface area contributed by atoms with E-state index in [1.54, 1.807) is 15.9 Å². The number of esters is 1. The summed E-state index contributed by atoms with van der Waals surface area (Å²) >= 11 is 0. The summed E-state index contributed by atoms with van der Waals surface area (Å²) in [6.07, 6.45) is 10.1. The first kappa shape index (κ1) is 31.9. The maximum Gasteiger partial charge on any atom is 0.312 e. The highest BCUT2D eigenvalue weighted by Gasteiger charge is 2.78. The highest BCUT2D eigenvalue weighted by Crippen LogP contribution is 2.63. The van der Waals surface area contributed by atoms with Crippen molar-refractivity contribution >= 4 is 34.2 Å². The number of likely N-dealkylation sites (tertiary alicyclic amines) is 1. The molecule has 8 heteroatoms. The second-order valence-corrected chi connectivity index (χ2v) is 12.6. The Bertz CT molecular complexity index is 1390. The van der Waals surface area contributed by atoms with Gasteiger partial charge < -0.3 is 24.4 Å². The van der Waals surface area contributed by atoms with Gasteiger partial charge >= 0.3 is 5.97 Å². The lowest BCUT2D eigenvalue weighted by molar-refractivity contribution is -0.159. The van der Waals surface area contributed by atoms with E-state index in [9.17, 15) is 19.5 Å². The number of aliphatic hydroxyl groups excluding tert-OH is 1. The molecule has 3 fully saturated rings. The number of benzene rings is 2. The number of hydrogen-bond donors (Lipinski definition) is 1. The van der Waals surface area contributed by atoms with Gasteiger partial charge in [0.15, 0.2) is 0 Å². The molecule has 5 rings (SSSR count). The number of nitrogens with zero attached hydrogens (tertiary/aromatic N) is 2. The maximum absolute atomic E-state index is 14.8. The second-order valence-electron chi connectivity index (χ2n) is 12.6. The third kappa shape index (κ3) is 5.82. The predicted molar refractivity (Wildman–Crippen MR) is 171 cm³/mol. The molecule has 44 heavy (non-hydrogen) atoms. The molecule has 3 aliphatic heterocycles. The van der Waals surface area contributed by atoms with Crippen molar-refractivity contribution in [1.82, 2.24) is 4.90 Å². The van der Waals surface area contributed by atoms with Crippen LogP contribution in [0.25, 0.3) is 10.8 Å². The van der Waals surface area contributed by atoms with Crippen LogP contribution in [0.4, 0.5) is 5.69 Å². The topological polar surface area (TPSA) is 96.4 Å². The summed E-state index contributed by atoms with van der Waals surface area (Å²) in [7, 11) is 0. The number of hydrogen-bond acceptors (Lipinski definition) is 6. The van der Waals surface area contributed by atoms with E-state index in [1.807, 2.05) is 55.5 Å². The van der Waals surface area contributed by atoms with Gasteiger partial charge in [-0.15, -0.1) is 13.2 Å². The number of ether oxygens (including phenoxy) is 2. The fourth-order valence-electron chi connectivity index (χ4n) is 7.65. The average molecular weight is 603 g/mol. The van der Waals surface area contributed by atoms with Gasteiger partial charge in [0.1, 0.15) is 17.6 Å². The predicted octanol–water partition coefficient (Wildman–Crippen LogP) is 5.58. The van der Waals surface area contributed by atoms with Crippen molar-refractivity contribution in [1.29, 1.82) is 0 Å². The molecule has 0 aliphatic carbocycles. The van der Waals surface area contributed by atoms with Gasteiger partial charge in [-0.2, -0.15) is 0 Å². The Labute approximate surface area is 260 Å². The van der Waals surface area contributed by atoms with Gasteiger partial charge in [-0.1, -0.05) is 55.3 Å². The lowest BCUT2D eigenvalue weighted by Gasteiger charge is -2.37. The van der Waals surface area contributed by atoms with Crippen molar-refractivity contribution in [2.75, 3.05) is 31.2 Å². The molecule has 3 heterocycles. The van der Waals surface area contributed by atoms with Crippen LogP contribution in [0.3, 0.4) is 0 Å². The van der Waals surface area contributed by atoms with E-state index in [-0.39, 0.29) is 31.6 Å². The SMILES string of the molecule is C=CCCCCOC(=O)[C@H]1[C@H]2C(=O)N(CCCCCCO)C(C(=O)N(CC=C)c3ccc4ccccc4c3)C23CC[C@]1(C)O3. The lowest BCUT2D eigenvalue weighted by atomic mass is 9.66. The van der Waals surface area contributed by atoms with E-state index in [0.717, 1.165) is 48.6 Å². The molecule has 1 N–H and O–H groups in total. The van der Waals surface area contributed by atoms with Gasteiger partial charge in [0, 0.05) is 25.4 Å². The number of anilines is 1. The zero-order valence-corrected chi connectivity index (χ0v) is 25.9. The number of allylic oxidation sites excluding steroid dienone is 1. The van der Waals surface area contributed by atoms with Gasteiger partial charge in [-0.3, -0.25) is 14.4 Å². The first-order valence-electron chi connectivity index (χ1n) is 16.1. The summed E-state index contributed by atoms with van der Waals surface area (Å²) in [5.74, 6) is -2.41. The molecule has 236 valence electrons. The molecule has 8 nitrogen and oxygen atoms in total. The van der Waals surface area contributed by atoms with Crippen LogP contribution in [0, 0.1) is 11.8 Å². The monoisotopic (exact) mass is 602 g/mol. The minimum Gasteiger partial charge on any atom is -0.465 e. The van der Waals surface area contributed by atoms with Crippen molar-refractivity contribution in [3.63, 3.8) is 0 Å². The van der Waals surface area contributed by atoms with Crippen LogP contribution in [0.2, 0.25) is 0 Å². The van der Waals surface area contributed by atoms with Crippen LogP contribution < -0.4 is 4.90 Å². The Balaban J connectivity index is 1.48. The molecule has 0 aromatic heterocycles. The van der Waals surface area contributed by atoms with Crippen molar-refractivity contribution in [2.45, 2.75) is 82.0 Å². The van der Waals surface area contributed by atoms with Crippen LogP contribution in [0.1, 0.15) is 64.7 Å². The third-order valence-electron chi connectivity index (χ3n) is 9.74. The van der Waals surface area contributed by atoms with Crippen LogP contribution in [-0.4, -0.2) is 71.3 Å². The Morgan fingerprint density at radius 1 is 1.05 bits per heavy atom. The number of carbonyl (C=O) groups excluding carboxylic acids is 3. The van der Waals surface area contributed by atoms with E-state index in [1.165, 1.54) is 0 Å².